The zero-order valence-corrected chi connectivity index (χ0v) is 16.2. The summed E-state index contributed by atoms with van der Waals surface area (Å²) in [6.07, 6.45) is 0. The maximum absolute atomic E-state index is 12.3. The van der Waals surface area contributed by atoms with E-state index in [1.807, 2.05) is 39.0 Å². The van der Waals surface area contributed by atoms with Gasteiger partial charge < -0.3 is 20.5 Å². The van der Waals surface area contributed by atoms with Crippen LogP contribution in [-0.2, 0) is 6.54 Å². The summed E-state index contributed by atoms with van der Waals surface area (Å²) >= 11 is 1.38. The van der Waals surface area contributed by atoms with Gasteiger partial charge in [0.15, 0.2) is 11.5 Å². The summed E-state index contributed by atoms with van der Waals surface area (Å²) in [5.41, 5.74) is 6.86. The summed E-state index contributed by atoms with van der Waals surface area (Å²) in [6, 6.07) is 5.49. The number of carbonyl (C=O) groups excluding carboxylic acids is 1. The number of halogens is 1. The fourth-order valence-electron chi connectivity index (χ4n) is 2.20. The van der Waals surface area contributed by atoms with Gasteiger partial charge in [0.2, 0.25) is 0 Å². The van der Waals surface area contributed by atoms with E-state index in [0.717, 1.165) is 10.6 Å². The third kappa shape index (κ3) is 5.59. The maximum Gasteiger partial charge on any atom is 0.271 e. The smallest absolute Gasteiger partial charge is 0.271 e. The van der Waals surface area contributed by atoms with Gasteiger partial charge in [0, 0.05) is 11.9 Å². The highest BCUT2D eigenvalue weighted by Crippen LogP contribution is 2.30. The summed E-state index contributed by atoms with van der Waals surface area (Å²) in [6.45, 7) is 7.22. The van der Waals surface area contributed by atoms with Crippen molar-refractivity contribution in [3.05, 3.63) is 39.8 Å². The second-order valence-electron chi connectivity index (χ2n) is 5.10. The van der Waals surface area contributed by atoms with E-state index >= 15 is 0 Å². The van der Waals surface area contributed by atoms with Crippen LogP contribution in [0.3, 0.4) is 0 Å². The number of nitrogens with one attached hydrogen (secondary N) is 1. The Morgan fingerprint density at radius 2 is 1.96 bits per heavy atom. The first-order chi connectivity index (χ1) is 11.6. The first-order valence-corrected chi connectivity index (χ1v) is 8.81. The summed E-state index contributed by atoms with van der Waals surface area (Å²) in [5.74, 6) is 1.16. The molecule has 138 valence electrons. The molecular weight excluding hydrogens is 362 g/mol. The number of hydrogen-bond acceptors (Lipinski definition) is 6. The predicted molar refractivity (Wildman–Crippen MR) is 102 cm³/mol. The molecule has 0 bridgehead atoms. The van der Waals surface area contributed by atoms with E-state index in [0.29, 0.717) is 37.0 Å². The van der Waals surface area contributed by atoms with Crippen LogP contribution in [-0.4, -0.2) is 24.1 Å². The molecule has 0 fully saturated rings. The molecule has 0 spiro atoms. The fourth-order valence-corrected chi connectivity index (χ4v) is 2.85. The quantitative estimate of drug-likeness (QED) is 0.727. The molecule has 8 heteroatoms. The maximum atomic E-state index is 12.3. The molecular formula is C17H24ClN3O3S. The lowest BCUT2D eigenvalue weighted by Gasteiger charge is -2.17. The van der Waals surface area contributed by atoms with E-state index in [-0.39, 0.29) is 24.4 Å². The topological polar surface area (TPSA) is 86.5 Å². The monoisotopic (exact) mass is 385 g/mol. The van der Waals surface area contributed by atoms with Gasteiger partial charge in [-0.25, -0.2) is 4.98 Å². The minimum absolute atomic E-state index is 0. The molecule has 1 aromatic heterocycles. The number of hydrogen-bond donors (Lipinski definition) is 2. The number of carbonyl (C=O) groups is 1. The van der Waals surface area contributed by atoms with E-state index in [1.54, 1.807) is 5.38 Å². The molecule has 0 radical (unpaired) electrons. The predicted octanol–water partition coefficient (Wildman–Crippen LogP) is 3.31. The molecule has 1 aromatic carbocycles. The number of nitrogens with zero attached hydrogens (tertiary/aromatic N) is 1. The van der Waals surface area contributed by atoms with E-state index in [1.165, 1.54) is 11.3 Å². The highest BCUT2D eigenvalue weighted by molar-refractivity contribution is 7.09. The number of benzene rings is 1. The van der Waals surface area contributed by atoms with Crippen molar-refractivity contribution in [3.8, 4) is 11.5 Å². The summed E-state index contributed by atoms with van der Waals surface area (Å²) in [7, 11) is 0. The molecule has 1 unspecified atom stereocenters. The normalized spacial score (nSPS) is 11.4. The van der Waals surface area contributed by atoms with Crippen LogP contribution in [0.1, 0.15) is 47.9 Å². The second kappa shape index (κ2) is 10.2. The lowest BCUT2D eigenvalue weighted by atomic mass is 10.1. The molecule has 3 N–H and O–H groups in total. The Morgan fingerprint density at radius 3 is 2.56 bits per heavy atom. The first-order valence-electron chi connectivity index (χ1n) is 7.93. The number of rotatable bonds is 8. The van der Waals surface area contributed by atoms with Gasteiger partial charge in [0.25, 0.3) is 5.91 Å². The average Bonchev–Trinajstić information content (AvgIpc) is 3.06. The van der Waals surface area contributed by atoms with Crippen molar-refractivity contribution >= 4 is 29.7 Å². The Morgan fingerprint density at radius 1 is 1.28 bits per heavy atom. The van der Waals surface area contributed by atoms with Crippen molar-refractivity contribution in [2.24, 2.45) is 5.73 Å². The Hall–Kier alpha value is -1.83. The Kier molecular flexibility index (Phi) is 8.68. The number of ether oxygens (including phenoxy) is 2. The van der Waals surface area contributed by atoms with Crippen molar-refractivity contribution in [2.45, 2.75) is 33.4 Å². The number of aromatic nitrogens is 1. The molecule has 1 amide bonds. The van der Waals surface area contributed by atoms with Crippen molar-refractivity contribution in [1.82, 2.24) is 10.3 Å². The van der Waals surface area contributed by atoms with Crippen LogP contribution in [0, 0.1) is 0 Å². The largest absolute Gasteiger partial charge is 0.490 e. The zero-order valence-electron chi connectivity index (χ0n) is 14.6. The van der Waals surface area contributed by atoms with Crippen LogP contribution >= 0.6 is 23.7 Å². The van der Waals surface area contributed by atoms with Crippen LogP contribution in [0.25, 0.3) is 0 Å². The van der Waals surface area contributed by atoms with Crippen LogP contribution in [0.4, 0.5) is 0 Å². The Bertz CT molecular complexity index is 694. The minimum Gasteiger partial charge on any atom is -0.490 e. The average molecular weight is 386 g/mol. The van der Waals surface area contributed by atoms with Crippen molar-refractivity contribution in [2.75, 3.05) is 13.2 Å². The molecule has 1 atom stereocenters. The number of thiazole rings is 1. The number of amides is 1. The van der Waals surface area contributed by atoms with Crippen LogP contribution in [0.5, 0.6) is 11.5 Å². The van der Waals surface area contributed by atoms with Gasteiger partial charge in [0.05, 0.1) is 19.3 Å². The molecule has 0 saturated heterocycles. The van der Waals surface area contributed by atoms with Crippen molar-refractivity contribution < 1.29 is 14.3 Å². The fraction of sp³-hybridized carbons (Fsp3) is 0.412. The molecule has 2 aromatic rings. The lowest BCUT2D eigenvalue weighted by Crippen LogP contribution is -2.27. The molecule has 1 heterocycles. The van der Waals surface area contributed by atoms with Crippen LogP contribution in [0.2, 0.25) is 0 Å². The lowest BCUT2D eigenvalue weighted by molar-refractivity contribution is 0.0935. The zero-order chi connectivity index (χ0) is 17.5. The van der Waals surface area contributed by atoms with E-state index < -0.39 is 0 Å². The van der Waals surface area contributed by atoms with Gasteiger partial charge in [-0.3, -0.25) is 4.79 Å². The van der Waals surface area contributed by atoms with Gasteiger partial charge in [-0.05, 0) is 38.5 Å². The van der Waals surface area contributed by atoms with E-state index in [4.69, 9.17) is 15.2 Å². The van der Waals surface area contributed by atoms with E-state index in [2.05, 4.69) is 10.3 Å². The number of nitrogens with two attached hydrogens (primary N) is 1. The summed E-state index contributed by atoms with van der Waals surface area (Å²) in [4.78, 5) is 16.5. The molecule has 0 aliphatic rings. The van der Waals surface area contributed by atoms with Gasteiger partial charge >= 0.3 is 0 Å². The third-order valence-electron chi connectivity index (χ3n) is 3.37. The van der Waals surface area contributed by atoms with Crippen molar-refractivity contribution in [3.63, 3.8) is 0 Å². The summed E-state index contributed by atoms with van der Waals surface area (Å²) in [5, 5.41) is 5.40. The van der Waals surface area contributed by atoms with Gasteiger partial charge in [-0.2, -0.15) is 0 Å². The SMILES string of the molecule is CCOc1ccc(C(C)NC(=O)c2csc(CN)n2)cc1OCC.Cl. The van der Waals surface area contributed by atoms with Gasteiger partial charge in [-0.1, -0.05) is 6.07 Å². The molecule has 2 rings (SSSR count). The molecule has 0 saturated carbocycles. The molecule has 0 aliphatic heterocycles. The third-order valence-corrected chi connectivity index (χ3v) is 4.25. The highest BCUT2D eigenvalue weighted by Gasteiger charge is 2.16. The Labute approximate surface area is 158 Å². The van der Waals surface area contributed by atoms with Crippen LogP contribution in [0.15, 0.2) is 23.6 Å². The standard InChI is InChI=1S/C17H23N3O3S.ClH/c1-4-22-14-7-6-12(8-15(14)23-5-2)11(3)19-17(21)13-10-24-16(9-18)20-13;/h6-8,10-11H,4-5,9,18H2,1-3H3,(H,19,21);1H. The minimum atomic E-state index is -0.217. The Balaban J connectivity index is 0.00000312. The highest BCUT2D eigenvalue weighted by atomic mass is 35.5. The molecule has 6 nitrogen and oxygen atoms in total. The summed E-state index contributed by atoms with van der Waals surface area (Å²) < 4.78 is 11.2. The van der Waals surface area contributed by atoms with Crippen LogP contribution < -0.4 is 20.5 Å². The molecule has 0 aliphatic carbocycles. The van der Waals surface area contributed by atoms with Crippen molar-refractivity contribution in [1.29, 1.82) is 0 Å². The second-order valence-corrected chi connectivity index (χ2v) is 6.04. The van der Waals surface area contributed by atoms with Gasteiger partial charge in [-0.15, -0.1) is 23.7 Å². The van der Waals surface area contributed by atoms with E-state index in [9.17, 15) is 4.79 Å². The molecule has 25 heavy (non-hydrogen) atoms. The van der Waals surface area contributed by atoms with Gasteiger partial charge in [0.1, 0.15) is 10.7 Å². The first kappa shape index (κ1) is 21.2.